The van der Waals surface area contributed by atoms with Crippen LogP contribution >= 0.6 is 0 Å². The highest BCUT2D eigenvalue weighted by Crippen LogP contribution is 2.30. The molecule has 0 atom stereocenters. The predicted octanol–water partition coefficient (Wildman–Crippen LogP) is 2.96. The fourth-order valence-electron chi connectivity index (χ4n) is 2.40. The van der Waals surface area contributed by atoms with Gasteiger partial charge in [0, 0.05) is 16.3 Å². The molecule has 0 spiro atoms. The van der Waals surface area contributed by atoms with Gasteiger partial charge in [-0.15, -0.1) is 0 Å². The van der Waals surface area contributed by atoms with Crippen molar-refractivity contribution < 1.29 is 14.6 Å². The lowest BCUT2D eigenvalue weighted by atomic mass is 10.1. The molecular weight excluding hydrogens is 242 g/mol. The maximum absolute atomic E-state index is 10.9. The van der Waals surface area contributed by atoms with E-state index >= 15 is 0 Å². The van der Waals surface area contributed by atoms with Crippen LogP contribution in [0, 0.1) is 0 Å². The first-order valence-electron chi connectivity index (χ1n) is 5.98. The van der Waals surface area contributed by atoms with Gasteiger partial charge in [0.1, 0.15) is 5.75 Å². The minimum Gasteiger partial charge on any atom is -0.497 e. The molecule has 3 aromatic rings. The molecule has 96 valence electrons. The predicted molar refractivity (Wildman–Crippen MR) is 73.7 cm³/mol. The van der Waals surface area contributed by atoms with E-state index in [0.29, 0.717) is 0 Å². The second-order valence-corrected chi connectivity index (χ2v) is 4.45. The van der Waals surface area contributed by atoms with Crippen LogP contribution < -0.4 is 4.74 Å². The number of para-hydroxylation sites is 1. The second kappa shape index (κ2) is 4.31. The Hall–Kier alpha value is -2.49. The van der Waals surface area contributed by atoms with E-state index < -0.39 is 5.97 Å². The summed E-state index contributed by atoms with van der Waals surface area (Å²) in [5.41, 5.74) is 2.65. The van der Waals surface area contributed by atoms with Crippen molar-refractivity contribution in [2.24, 2.45) is 0 Å². The molecule has 2 N–H and O–H groups in total. The number of fused-ring (bicyclic) bond motifs is 3. The summed E-state index contributed by atoms with van der Waals surface area (Å²) in [5.74, 6) is -0.0409. The Morgan fingerprint density at radius 1 is 1.26 bits per heavy atom. The number of carboxylic acids is 1. The highest BCUT2D eigenvalue weighted by atomic mass is 16.5. The number of hydrogen-bond acceptors (Lipinski definition) is 2. The molecule has 4 nitrogen and oxygen atoms in total. The number of carbonyl (C=O) groups is 1. The molecule has 0 radical (unpaired) electrons. The molecule has 0 aliphatic carbocycles. The van der Waals surface area contributed by atoms with Gasteiger partial charge in [0.2, 0.25) is 0 Å². The molecule has 0 unspecified atom stereocenters. The molecule has 1 aromatic heterocycles. The van der Waals surface area contributed by atoms with E-state index in [0.717, 1.165) is 33.1 Å². The number of hydrogen-bond donors (Lipinski definition) is 2. The van der Waals surface area contributed by atoms with Crippen molar-refractivity contribution in [3.63, 3.8) is 0 Å². The smallest absolute Gasteiger partial charge is 0.307 e. The van der Waals surface area contributed by atoms with Gasteiger partial charge in [0.25, 0.3) is 0 Å². The van der Waals surface area contributed by atoms with Crippen LogP contribution in [-0.2, 0) is 11.2 Å². The summed E-state index contributed by atoms with van der Waals surface area (Å²) in [6.45, 7) is 0. The first kappa shape index (κ1) is 11.6. The lowest BCUT2D eigenvalue weighted by molar-refractivity contribution is -0.136. The number of ether oxygens (including phenoxy) is 1. The monoisotopic (exact) mass is 255 g/mol. The fourth-order valence-corrected chi connectivity index (χ4v) is 2.40. The molecule has 0 amide bonds. The Balaban J connectivity index is 2.30. The summed E-state index contributed by atoms with van der Waals surface area (Å²) in [6, 6.07) is 11.5. The average molecular weight is 255 g/mol. The first-order chi connectivity index (χ1) is 9.19. The number of nitrogens with one attached hydrogen (secondary N) is 1. The molecule has 1 heterocycles. The standard InChI is InChI=1S/C15H13NO3/c1-19-10-5-6-13-12(8-10)11-4-2-3-9(7-14(17)18)15(11)16-13/h2-6,8,16H,7H2,1H3,(H,17,18). The maximum atomic E-state index is 10.9. The van der Waals surface area contributed by atoms with E-state index in [4.69, 9.17) is 9.84 Å². The Bertz CT molecular complexity index is 774. The van der Waals surface area contributed by atoms with Gasteiger partial charge in [0.05, 0.1) is 19.0 Å². The molecule has 2 aromatic carbocycles. The first-order valence-corrected chi connectivity index (χ1v) is 5.98. The summed E-state index contributed by atoms with van der Waals surface area (Å²) in [5, 5.41) is 11.0. The Labute approximate surface area is 109 Å². The third kappa shape index (κ3) is 1.91. The van der Waals surface area contributed by atoms with Crippen molar-refractivity contribution >= 4 is 27.8 Å². The van der Waals surface area contributed by atoms with Crippen molar-refractivity contribution in [1.82, 2.24) is 4.98 Å². The molecule has 3 rings (SSSR count). The Morgan fingerprint density at radius 3 is 2.84 bits per heavy atom. The summed E-state index contributed by atoms with van der Waals surface area (Å²) in [6.07, 6.45) is 0.0152. The van der Waals surface area contributed by atoms with Gasteiger partial charge >= 0.3 is 5.97 Å². The Morgan fingerprint density at radius 2 is 2.11 bits per heavy atom. The lowest BCUT2D eigenvalue weighted by Crippen LogP contribution is -2.00. The summed E-state index contributed by atoms with van der Waals surface area (Å²) in [4.78, 5) is 14.2. The number of H-pyrrole nitrogens is 1. The highest BCUT2D eigenvalue weighted by molar-refractivity contribution is 6.09. The molecule has 0 fully saturated rings. The van der Waals surface area contributed by atoms with E-state index in [1.165, 1.54) is 0 Å². The molecule has 0 saturated carbocycles. The van der Waals surface area contributed by atoms with E-state index in [9.17, 15) is 4.79 Å². The lowest BCUT2D eigenvalue weighted by Gasteiger charge is -2.00. The van der Waals surface area contributed by atoms with Gasteiger partial charge in [-0.25, -0.2) is 0 Å². The highest BCUT2D eigenvalue weighted by Gasteiger charge is 2.10. The minimum absolute atomic E-state index is 0.0152. The maximum Gasteiger partial charge on any atom is 0.307 e. The number of carboxylic acid groups (broad SMARTS) is 1. The molecular formula is C15H13NO3. The molecule has 0 aliphatic heterocycles. The van der Waals surface area contributed by atoms with Crippen LogP contribution in [-0.4, -0.2) is 23.2 Å². The van der Waals surface area contributed by atoms with Crippen LogP contribution in [0.1, 0.15) is 5.56 Å². The van der Waals surface area contributed by atoms with Gasteiger partial charge in [-0.3, -0.25) is 4.79 Å². The fraction of sp³-hybridized carbons (Fsp3) is 0.133. The third-order valence-electron chi connectivity index (χ3n) is 3.27. The number of aromatic amines is 1. The Kier molecular flexibility index (Phi) is 2.63. The van der Waals surface area contributed by atoms with Crippen molar-refractivity contribution in [2.45, 2.75) is 6.42 Å². The topological polar surface area (TPSA) is 62.3 Å². The number of methoxy groups -OCH3 is 1. The normalized spacial score (nSPS) is 11.0. The van der Waals surface area contributed by atoms with E-state index in [-0.39, 0.29) is 6.42 Å². The zero-order valence-electron chi connectivity index (χ0n) is 10.4. The number of benzene rings is 2. The van der Waals surface area contributed by atoms with Gasteiger partial charge in [0.15, 0.2) is 0 Å². The van der Waals surface area contributed by atoms with Crippen molar-refractivity contribution in [2.75, 3.05) is 7.11 Å². The summed E-state index contributed by atoms with van der Waals surface area (Å²) in [7, 11) is 1.63. The van der Waals surface area contributed by atoms with E-state index in [1.54, 1.807) is 7.11 Å². The van der Waals surface area contributed by atoms with Gasteiger partial charge in [-0.05, 0) is 23.8 Å². The SMILES string of the molecule is COc1ccc2[nH]c3c(CC(=O)O)cccc3c2c1. The van der Waals surface area contributed by atoms with Crippen molar-refractivity contribution in [1.29, 1.82) is 0 Å². The molecule has 4 heteroatoms. The zero-order valence-corrected chi connectivity index (χ0v) is 10.4. The largest absolute Gasteiger partial charge is 0.497 e. The van der Waals surface area contributed by atoms with Crippen LogP contribution in [0.25, 0.3) is 21.8 Å². The molecule has 0 saturated heterocycles. The summed E-state index contributed by atoms with van der Waals surface area (Å²) >= 11 is 0. The van der Waals surface area contributed by atoms with Gasteiger partial charge < -0.3 is 14.8 Å². The van der Waals surface area contributed by atoms with Crippen molar-refractivity contribution in [3.8, 4) is 5.75 Å². The van der Waals surface area contributed by atoms with Crippen LogP contribution in [0.5, 0.6) is 5.75 Å². The zero-order chi connectivity index (χ0) is 13.4. The number of rotatable bonds is 3. The van der Waals surface area contributed by atoms with Crippen LogP contribution in [0.2, 0.25) is 0 Å². The molecule has 0 aliphatic rings. The van der Waals surface area contributed by atoms with E-state index in [2.05, 4.69) is 4.98 Å². The van der Waals surface area contributed by atoms with Crippen LogP contribution in [0.3, 0.4) is 0 Å². The average Bonchev–Trinajstić information content (AvgIpc) is 2.77. The van der Waals surface area contributed by atoms with Gasteiger partial charge in [-0.1, -0.05) is 18.2 Å². The quantitative estimate of drug-likeness (QED) is 0.756. The third-order valence-corrected chi connectivity index (χ3v) is 3.27. The molecule has 0 bridgehead atoms. The summed E-state index contributed by atoms with van der Waals surface area (Å²) < 4.78 is 5.23. The number of aromatic nitrogens is 1. The van der Waals surface area contributed by atoms with E-state index in [1.807, 2.05) is 36.4 Å². The molecule has 19 heavy (non-hydrogen) atoms. The van der Waals surface area contributed by atoms with Crippen LogP contribution in [0.15, 0.2) is 36.4 Å². The van der Waals surface area contributed by atoms with Crippen LogP contribution in [0.4, 0.5) is 0 Å². The second-order valence-electron chi connectivity index (χ2n) is 4.45. The van der Waals surface area contributed by atoms with Gasteiger partial charge in [-0.2, -0.15) is 0 Å². The number of aliphatic carboxylic acids is 1. The minimum atomic E-state index is -0.830. The van der Waals surface area contributed by atoms with Crippen molar-refractivity contribution in [3.05, 3.63) is 42.0 Å².